The molecule has 2 aromatic rings. The molecule has 24 heavy (non-hydrogen) atoms. The van der Waals surface area contributed by atoms with Crippen molar-refractivity contribution >= 4 is 15.7 Å². The molecule has 0 aromatic heterocycles. The topological polar surface area (TPSA) is 63.2 Å². The molecule has 0 heterocycles. The van der Waals surface area contributed by atoms with Gasteiger partial charge in [0.25, 0.3) is 0 Å². The first-order chi connectivity index (χ1) is 11.5. The SMILES string of the molecule is CCS(=O)(=O)c1cccc(CC(=O)N[C@H]2CCc3ccccc32)c1. The van der Waals surface area contributed by atoms with Crippen molar-refractivity contribution in [3.05, 3.63) is 65.2 Å². The van der Waals surface area contributed by atoms with Crippen LogP contribution in [-0.2, 0) is 27.5 Å². The van der Waals surface area contributed by atoms with E-state index in [2.05, 4.69) is 17.4 Å². The van der Waals surface area contributed by atoms with E-state index in [0.29, 0.717) is 5.56 Å². The van der Waals surface area contributed by atoms with Crippen LogP contribution in [0.4, 0.5) is 0 Å². The fraction of sp³-hybridized carbons (Fsp3) is 0.316. The molecule has 1 N–H and O–H groups in total. The average molecular weight is 343 g/mol. The van der Waals surface area contributed by atoms with Crippen molar-refractivity contribution in [1.29, 1.82) is 0 Å². The fourth-order valence-electron chi connectivity index (χ4n) is 3.15. The maximum absolute atomic E-state index is 12.3. The number of amides is 1. The molecule has 0 spiro atoms. The van der Waals surface area contributed by atoms with Crippen LogP contribution in [0.25, 0.3) is 0 Å². The predicted octanol–water partition coefficient (Wildman–Crippen LogP) is 2.83. The van der Waals surface area contributed by atoms with Gasteiger partial charge in [-0.3, -0.25) is 4.79 Å². The quantitative estimate of drug-likeness (QED) is 0.908. The summed E-state index contributed by atoms with van der Waals surface area (Å²) in [5.41, 5.74) is 3.19. The molecule has 0 radical (unpaired) electrons. The molecule has 1 atom stereocenters. The number of hydrogen-bond donors (Lipinski definition) is 1. The van der Waals surface area contributed by atoms with Crippen LogP contribution >= 0.6 is 0 Å². The number of sulfone groups is 1. The van der Waals surface area contributed by atoms with Gasteiger partial charge < -0.3 is 5.32 Å². The van der Waals surface area contributed by atoms with Gasteiger partial charge in [0.15, 0.2) is 9.84 Å². The summed E-state index contributed by atoms with van der Waals surface area (Å²) in [4.78, 5) is 12.6. The van der Waals surface area contributed by atoms with E-state index in [1.54, 1.807) is 31.2 Å². The number of rotatable bonds is 5. The lowest BCUT2D eigenvalue weighted by atomic mass is 10.1. The van der Waals surface area contributed by atoms with Crippen LogP contribution in [0.15, 0.2) is 53.4 Å². The third kappa shape index (κ3) is 3.51. The Morgan fingerprint density at radius 1 is 1.17 bits per heavy atom. The smallest absolute Gasteiger partial charge is 0.224 e. The number of carbonyl (C=O) groups is 1. The molecular formula is C19H21NO3S. The van der Waals surface area contributed by atoms with Crippen molar-refractivity contribution in [3.63, 3.8) is 0 Å². The van der Waals surface area contributed by atoms with E-state index >= 15 is 0 Å². The van der Waals surface area contributed by atoms with Gasteiger partial charge in [-0.05, 0) is 41.7 Å². The van der Waals surface area contributed by atoms with E-state index in [9.17, 15) is 13.2 Å². The second-order valence-corrected chi connectivity index (χ2v) is 8.36. The number of carbonyl (C=O) groups excluding carboxylic acids is 1. The lowest BCUT2D eigenvalue weighted by Crippen LogP contribution is -2.28. The first-order valence-electron chi connectivity index (χ1n) is 8.18. The van der Waals surface area contributed by atoms with E-state index in [1.807, 2.05) is 12.1 Å². The number of nitrogens with one attached hydrogen (secondary N) is 1. The first-order valence-corrected chi connectivity index (χ1v) is 9.83. The van der Waals surface area contributed by atoms with Crippen LogP contribution in [0.2, 0.25) is 0 Å². The third-order valence-corrected chi connectivity index (χ3v) is 6.20. The molecule has 1 amide bonds. The van der Waals surface area contributed by atoms with Gasteiger partial charge in [-0.1, -0.05) is 43.3 Å². The van der Waals surface area contributed by atoms with Crippen molar-refractivity contribution in [3.8, 4) is 0 Å². The highest BCUT2D eigenvalue weighted by molar-refractivity contribution is 7.91. The summed E-state index contributed by atoms with van der Waals surface area (Å²) in [5.74, 6) is -0.0237. The second-order valence-electron chi connectivity index (χ2n) is 6.09. The number of hydrogen-bond acceptors (Lipinski definition) is 3. The van der Waals surface area contributed by atoms with Crippen LogP contribution in [-0.4, -0.2) is 20.1 Å². The van der Waals surface area contributed by atoms with Gasteiger partial charge in [0.05, 0.1) is 23.1 Å². The van der Waals surface area contributed by atoms with Crippen LogP contribution < -0.4 is 5.32 Å². The maximum Gasteiger partial charge on any atom is 0.224 e. The molecule has 2 aromatic carbocycles. The van der Waals surface area contributed by atoms with E-state index in [-0.39, 0.29) is 29.0 Å². The van der Waals surface area contributed by atoms with Gasteiger partial charge in [0.1, 0.15) is 0 Å². The Kier molecular flexibility index (Phi) is 4.71. The van der Waals surface area contributed by atoms with Crippen LogP contribution in [0.5, 0.6) is 0 Å². The monoisotopic (exact) mass is 343 g/mol. The van der Waals surface area contributed by atoms with Gasteiger partial charge in [-0.25, -0.2) is 8.42 Å². The molecule has 1 aliphatic carbocycles. The molecule has 0 bridgehead atoms. The molecule has 3 rings (SSSR count). The molecule has 0 fully saturated rings. The zero-order valence-electron chi connectivity index (χ0n) is 13.7. The van der Waals surface area contributed by atoms with Crippen LogP contribution in [0.3, 0.4) is 0 Å². The van der Waals surface area contributed by atoms with E-state index in [4.69, 9.17) is 0 Å². The summed E-state index contributed by atoms with van der Waals surface area (Å²) in [7, 11) is -3.25. The Hall–Kier alpha value is -2.14. The fourth-order valence-corrected chi connectivity index (χ4v) is 4.10. The van der Waals surface area contributed by atoms with Crippen molar-refractivity contribution in [1.82, 2.24) is 5.32 Å². The Labute approximate surface area is 142 Å². The van der Waals surface area contributed by atoms with Crippen LogP contribution in [0, 0.1) is 0 Å². The van der Waals surface area contributed by atoms with Gasteiger partial charge in [-0.2, -0.15) is 0 Å². The summed E-state index contributed by atoms with van der Waals surface area (Å²) in [6, 6.07) is 14.9. The van der Waals surface area contributed by atoms with Gasteiger partial charge in [-0.15, -0.1) is 0 Å². The van der Waals surface area contributed by atoms with Crippen molar-refractivity contribution < 1.29 is 13.2 Å². The molecule has 0 aliphatic heterocycles. The maximum atomic E-state index is 12.3. The van der Waals surface area contributed by atoms with Crippen molar-refractivity contribution in [2.75, 3.05) is 5.75 Å². The Bertz CT molecular complexity index is 858. The Morgan fingerprint density at radius 3 is 2.75 bits per heavy atom. The molecule has 1 aliphatic rings. The Balaban J connectivity index is 1.69. The largest absolute Gasteiger partial charge is 0.349 e. The minimum atomic E-state index is -3.25. The molecule has 126 valence electrons. The zero-order chi connectivity index (χ0) is 17.2. The lowest BCUT2D eigenvalue weighted by molar-refractivity contribution is -0.121. The average Bonchev–Trinajstić information content (AvgIpc) is 2.98. The van der Waals surface area contributed by atoms with E-state index in [0.717, 1.165) is 12.8 Å². The lowest BCUT2D eigenvalue weighted by Gasteiger charge is -2.14. The van der Waals surface area contributed by atoms with Gasteiger partial charge in [0.2, 0.25) is 5.91 Å². The number of benzene rings is 2. The minimum absolute atomic E-state index is 0.0521. The molecule has 0 saturated heterocycles. The summed E-state index contributed by atoms with van der Waals surface area (Å²) in [5, 5.41) is 3.07. The highest BCUT2D eigenvalue weighted by Crippen LogP contribution is 2.30. The van der Waals surface area contributed by atoms with Crippen molar-refractivity contribution in [2.45, 2.75) is 37.1 Å². The van der Waals surface area contributed by atoms with E-state index < -0.39 is 9.84 Å². The third-order valence-electron chi connectivity index (χ3n) is 4.47. The number of aryl methyl sites for hydroxylation is 1. The number of fused-ring (bicyclic) bond motifs is 1. The summed E-state index contributed by atoms with van der Waals surface area (Å²) in [6.07, 6.45) is 2.08. The van der Waals surface area contributed by atoms with Gasteiger partial charge in [0, 0.05) is 0 Å². The zero-order valence-corrected chi connectivity index (χ0v) is 14.5. The van der Waals surface area contributed by atoms with Crippen molar-refractivity contribution in [2.24, 2.45) is 0 Å². The van der Waals surface area contributed by atoms with Gasteiger partial charge >= 0.3 is 0 Å². The molecule has 4 nitrogen and oxygen atoms in total. The predicted molar refractivity (Wildman–Crippen MR) is 93.5 cm³/mol. The Morgan fingerprint density at radius 2 is 1.96 bits per heavy atom. The van der Waals surface area contributed by atoms with E-state index in [1.165, 1.54) is 11.1 Å². The standard InChI is InChI=1S/C19H21NO3S/c1-2-24(22,23)16-8-5-6-14(12-16)13-19(21)20-18-11-10-15-7-3-4-9-17(15)18/h3-9,12,18H,2,10-11,13H2,1H3,(H,20,21)/t18-/m0/s1. The minimum Gasteiger partial charge on any atom is -0.349 e. The normalized spacial score (nSPS) is 16.6. The molecule has 5 heteroatoms. The second kappa shape index (κ2) is 6.77. The highest BCUT2D eigenvalue weighted by Gasteiger charge is 2.23. The summed E-state index contributed by atoms with van der Waals surface area (Å²) >= 11 is 0. The molecular weight excluding hydrogens is 322 g/mol. The summed E-state index contributed by atoms with van der Waals surface area (Å²) < 4.78 is 23.9. The van der Waals surface area contributed by atoms with Crippen LogP contribution in [0.1, 0.15) is 36.1 Å². The summed E-state index contributed by atoms with van der Waals surface area (Å²) in [6.45, 7) is 1.62. The molecule has 0 saturated carbocycles. The molecule has 0 unspecified atom stereocenters. The highest BCUT2D eigenvalue weighted by atomic mass is 32.2. The first kappa shape index (κ1) is 16.7.